The van der Waals surface area contributed by atoms with Crippen LogP contribution in [0.2, 0.25) is 0 Å². The normalized spacial score (nSPS) is 23.5. The molecule has 2 aliphatic heterocycles. The van der Waals surface area contributed by atoms with E-state index in [9.17, 15) is 0 Å². The van der Waals surface area contributed by atoms with E-state index in [0.29, 0.717) is 12.1 Å². The van der Waals surface area contributed by atoms with E-state index in [1.807, 2.05) is 13.1 Å². The quantitative estimate of drug-likeness (QED) is 0.873. The van der Waals surface area contributed by atoms with Crippen molar-refractivity contribution >= 4 is 6.20 Å². The van der Waals surface area contributed by atoms with Crippen LogP contribution in [0.3, 0.4) is 0 Å². The second-order valence-corrected chi connectivity index (χ2v) is 6.35. The van der Waals surface area contributed by atoms with Gasteiger partial charge in [-0.1, -0.05) is 6.58 Å². The predicted octanol–water partition coefficient (Wildman–Crippen LogP) is 2.65. The summed E-state index contributed by atoms with van der Waals surface area (Å²) in [5, 5.41) is 4.47. The minimum atomic E-state index is 0.459. The lowest BCUT2D eigenvalue weighted by Gasteiger charge is -2.35. The molecule has 0 saturated carbocycles. The second kappa shape index (κ2) is 5.02. The first-order valence-corrected chi connectivity index (χ1v) is 7.91. The maximum absolute atomic E-state index is 4.66. The van der Waals surface area contributed by atoms with Gasteiger partial charge in [-0.2, -0.15) is 5.10 Å². The standard InChI is InChI=1S/C17H21N5/c1-4-21-9-13(11(2)20-21)10-22-14-5-6-17(22)15-8-18-12(3)19-16(15)7-14/h4,8-9,14,17H,1,5-7,10H2,2-3H3. The molecule has 2 bridgehead atoms. The van der Waals surface area contributed by atoms with Gasteiger partial charge in [-0.05, 0) is 26.7 Å². The topological polar surface area (TPSA) is 46.8 Å². The molecule has 22 heavy (non-hydrogen) atoms. The van der Waals surface area contributed by atoms with E-state index in [4.69, 9.17) is 0 Å². The summed E-state index contributed by atoms with van der Waals surface area (Å²) in [4.78, 5) is 11.7. The van der Waals surface area contributed by atoms with Crippen molar-refractivity contribution in [2.45, 2.75) is 51.7 Å². The Morgan fingerprint density at radius 2 is 2.23 bits per heavy atom. The SMILES string of the molecule is C=Cn1cc(CN2C3CCC2c2cnc(C)nc2C3)c(C)n1. The van der Waals surface area contributed by atoms with Crippen LogP contribution in [0.15, 0.2) is 19.0 Å². The Morgan fingerprint density at radius 3 is 3.00 bits per heavy atom. The molecule has 1 saturated heterocycles. The fraction of sp³-hybridized carbons (Fsp3) is 0.471. The van der Waals surface area contributed by atoms with Crippen LogP contribution in [0, 0.1) is 13.8 Å². The van der Waals surface area contributed by atoms with Gasteiger partial charge in [-0.3, -0.25) is 4.90 Å². The van der Waals surface area contributed by atoms with E-state index in [2.05, 4.69) is 39.7 Å². The zero-order valence-corrected chi connectivity index (χ0v) is 13.2. The highest BCUT2D eigenvalue weighted by Gasteiger charge is 2.40. The average Bonchev–Trinajstić information content (AvgIpc) is 2.99. The number of aryl methyl sites for hydroxylation is 2. The van der Waals surface area contributed by atoms with Crippen molar-refractivity contribution in [1.82, 2.24) is 24.6 Å². The summed E-state index contributed by atoms with van der Waals surface area (Å²) in [5.41, 5.74) is 4.96. The molecule has 4 rings (SSSR count). The Kier molecular flexibility index (Phi) is 3.11. The lowest BCUT2D eigenvalue weighted by molar-refractivity contribution is 0.165. The summed E-state index contributed by atoms with van der Waals surface area (Å²) in [6, 6.07) is 1.05. The van der Waals surface area contributed by atoms with Crippen LogP contribution in [0.25, 0.3) is 6.20 Å². The summed E-state index contributed by atoms with van der Waals surface area (Å²) in [7, 11) is 0. The minimum Gasteiger partial charge on any atom is -0.288 e. The molecule has 5 heteroatoms. The first kappa shape index (κ1) is 13.6. The maximum Gasteiger partial charge on any atom is 0.125 e. The van der Waals surface area contributed by atoms with Gasteiger partial charge in [0.1, 0.15) is 5.82 Å². The van der Waals surface area contributed by atoms with Crippen molar-refractivity contribution in [3.05, 3.63) is 47.3 Å². The smallest absolute Gasteiger partial charge is 0.125 e. The van der Waals surface area contributed by atoms with Crippen molar-refractivity contribution in [3.8, 4) is 0 Å². The monoisotopic (exact) mass is 295 g/mol. The molecule has 4 heterocycles. The first-order valence-electron chi connectivity index (χ1n) is 7.91. The molecule has 2 aromatic rings. The zero-order valence-electron chi connectivity index (χ0n) is 13.2. The molecule has 0 radical (unpaired) electrons. The molecule has 2 unspecified atom stereocenters. The molecule has 0 spiro atoms. The van der Waals surface area contributed by atoms with Crippen molar-refractivity contribution in [2.75, 3.05) is 0 Å². The summed E-state index contributed by atoms with van der Waals surface area (Å²) >= 11 is 0. The van der Waals surface area contributed by atoms with E-state index >= 15 is 0 Å². The van der Waals surface area contributed by atoms with Crippen LogP contribution in [-0.2, 0) is 13.0 Å². The third-order valence-electron chi connectivity index (χ3n) is 5.01. The number of hydrogen-bond acceptors (Lipinski definition) is 4. The molecule has 2 aliphatic rings. The number of aromatic nitrogens is 4. The van der Waals surface area contributed by atoms with Crippen LogP contribution in [0.4, 0.5) is 0 Å². The van der Waals surface area contributed by atoms with Crippen LogP contribution in [0.5, 0.6) is 0 Å². The van der Waals surface area contributed by atoms with Crippen LogP contribution >= 0.6 is 0 Å². The molecule has 0 aliphatic carbocycles. The van der Waals surface area contributed by atoms with Gasteiger partial charge in [0, 0.05) is 54.8 Å². The van der Waals surface area contributed by atoms with Gasteiger partial charge >= 0.3 is 0 Å². The maximum atomic E-state index is 4.66. The Bertz CT molecular complexity index is 733. The van der Waals surface area contributed by atoms with Gasteiger partial charge in [0.15, 0.2) is 0 Å². The average molecular weight is 295 g/mol. The van der Waals surface area contributed by atoms with Crippen LogP contribution in [0.1, 0.15) is 47.2 Å². The fourth-order valence-electron chi connectivity index (χ4n) is 3.89. The number of nitrogens with zero attached hydrogens (tertiary/aromatic N) is 5. The van der Waals surface area contributed by atoms with Crippen molar-refractivity contribution in [1.29, 1.82) is 0 Å². The molecule has 0 amide bonds. The van der Waals surface area contributed by atoms with Crippen molar-refractivity contribution < 1.29 is 0 Å². The van der Waals surface area contributed by atoms with Gasteiger partial charge in [0.05, 0.1) is 11.4 Å². The molecule has 114 valence electrons. The molecule has 5 nitrogen and oxygen atoms in total. The molecule has 2 atom stereocenters. The molecule has 1 fully saturated rings. The fourth-order valence-corrected chi connectivity index (χ4v) is 3.89. The summed E-state index contributed by atoms with van der Waals surface area (Å²) in [6.07, 6.45) is 9.37. The van der Waals surface area contributed by atoms with Crippen LogP contribution in [-0.4, -0.2) is 30.7 Å². The van der Waals surface area contributed by atoms with E-state index in [0.717, 1.165) is 24.5 Å². The van der Waals surface area contributed by atoms with E-state index in [1.54, 1.807) is 10.9 Å². The Morgan fingerprint density at radius 1 is 1.36 bits per heavy atom. The van der Waals surface area contributed by atoms with E-state index < -0.39 is 0 Å². The molecular formula is C17H21N5. The zero-order chi connectivity index (χ0) is 15.3. The highest BCUT2D eigenvalue weighted by Crippen LogP contribution is 2.43. The van der Waals surface area contributed by atoms with E-state index in [1.165, 1.54) is 29.7 Å². The minimum absolute atomic E-state index is 0.459. The van der Waals surface area contributed by atoms with Crippen molar-refractivity contribution in [3.63, 3.8) is 0 Å². The molecule has 0 N–H and O–H groups in total. The highest BCUT2D eigenvalue weighted by molar-refractivity contribution is 5.30. The lowest BCUT2D eigenvalue weighted by atomic mass is 9.98. The summed E-state index contributed by atoms with van der Waals surface area (Å²) in [5.74, 6) is 0.884. The van der Waals surface area contributed by atoms with E-state index in [-0.39, 0.29) is 0 Å². The Hall–Kier alpha value is -2.01. The van der Waals surface area contributed by atoms with Gasteiger partial charge < -0.3 is 0 Å². The third-order valence-corrected chi connectivity index (χ3v) is 5.01. The number of fused-ring (bicyclic) bond motifs is 4. The third kappa shape index (κ3) is 2.08. The summed E-state index contributed by atoms with van der Waals surface area (Å²) in [6.45, 7) is 8.77. The molecule has 2 aromatic heterocycles. The number of rotatable bonds is 3. The van der Waals surface area contributed by atoms with Crippen LogP contribution < -0.4 is 0 Å². The largest absolute Gasteiger partial charge is 0.288 e. The lowest BCUT2D eigenvalue weighted by Crippen LogP contribution is -2.37. The molecular weight excluding hydrogens is 274 g/mol. The predicted molar refractivity (Wildman–Crippen MR) is 85.1 cm³/mol. The highest BCUT2D eigenvalue weighted by atomic mass is 15.3. The number of hydrogen-bond donors (Lipinski definition) is 0. The van der Waals surface area contributed by atoms with Gasteiger partial charge in [0.25, 0.3) is 0 Å². The first-order chi connectivity index (χ1) is 10.7. The van der Waals surface area contributed by atoms with Gasteiger partial charge in [0.2, 0.25) is 0 Å². The van der Waals surface area contributed by atoms with Gasteiger partial charge in [-0.15, -0.1) is 0 Å². The summed E-state index contributed by atoms with van der Waals surface area (Å²) < 4.78 is 1.80. The van der Waals surface area contributed by atoms with Gasteiger partial charge in [-0.25, -0.2) is 14.6 Å². The second-order valence-electron chi connectivity index (χ2n) is 6.35. The molecule has 0 aromatic carbocycles. The Labute approximate surface area is 130 Å². The Balaban J connectivity index is 1.65. The van der Waals surface area contributed by atoms with Crippen molar-refractivity contribution in [2.24, 2.45) is 0 Å².